The molecule has 0 aliphatic carbocycles. The van der Waals surface area contributed by atoms with Crippen LogP contribution in [0.4, 0.5) is 0 Å². The molecule has 0 saturated carbocycles. The van der Waals surface area contributed by atoms with Gasteiger partial charge in [0.1, 0.15) is 0 Å². The van der Waals surface area contributed by atoms with Crippen molar-refractivity contribution in [3.63, 3.8) is 0 Å². The number of benzene rings is 1. The molecule has 0 bridgehead atoms. The third kappa shape index (κ3) is 3.25. The van der Waals surface area contributed by atoms with Crippen LogP contribution in [0.3, 0.4) is 0 Å². The van der Waals surface area contributed by atoms with E-state index in [0.717, 1.165) is 16.3 Å². The second-order valence-electron chi connectivity index (χ2n) is 3.78. The number of aromatic nitrogens is 2. The molecule has 0 aliphatic heterocycles. The van der Waals surface area contributed by atoms with Crippen molar-refractivity contribution in [1.29, 1.82) is 0 Å². The number of halogens is 1. The van der Waals surface area contributed by atoms with Gasteiger partial charge in [-0.2, -0.15) is 4.98 Å². The van der Waals surface area contributed by atoms with Crippen LogP contribution in [0.1, 0.15) is 31.1 Å². The van der Waals surface area contributed by atoms with Crippen LogP contribution in [-0.4, -0.2) is 10.1 Å². The first-order valence-electron chi connectivity index (χ1n) is 5.66. The molecule has 0 unspecified atom stereocenters. The quantitative estimate of drug-likeness (QED) is 0.852. The highest BCUT2D eigenvalue weighted by Gasteiger charge is 2.13. The van der Waals surface area contributed by atoms with Crippen LogP contribution in [0.5, 0.6) is 0 Å². The fourth-order valence-electron chi connectivity index (χ4n) is 1.36. The molecule has 0 saturated heterocycles. The first kappa shape index (κ1) is 13.4. The van der Waals surface area contributed by atoms with E-state index in [1.54, 1.807) is 11.8 Å². The van der Waals surface area contributed by atoms with E-state index in [0.29, 0.717) is 17.5 Å². The molecule has 1 atom stereocenters. The Morgan fingerprint density at radius 3 is 2.94 bits per heavy atom. The summed E-state index contributed by atoms with van der Waals surface area (Å²) in [7, 11) is 0. The standard InChI is InChI=1S/C12H14ClN3OS/c1-2-9(14)12-15-11(16-17-12)7-18-10-6-4-3-5-8(10)13/h3-6,9H,2,7,14H2,1H3/t9-/m1/s1. The second-order valence-corrected chi connectivity index (χ2v) is 5.21. The normalized spacial score (nSPS) is 12.6. The summed E-state index contributed by atoms with van der Waals surface area (Å²) < 4.78 is 5.10. The van der Waals surface area contributed by atoms with Gasteiger partial charge in [0.2, 0.25) is 5.89 Å². The highest BCUT2D eigenvalue weighted by molar-refractivity contribution is 7.98. The van der Waals surface area contributed by atoms with E-state index in [4.69, 9.17) is 21.9 Å². The van der Waals surface area contributed by atoms with Crippen molar-refractivity contribution in [1.82, 2.24) is 10.1 Å². The Kier molecular flexibility index (Phi) is 4.63. The highest BCUT2D eigenvalue weighted by Crippen LogP contribution is 2.28. The largest absolute Gasteiger partial charge is 0.338 e. The summed E-state index contributed by atoms with van der Waals surface area (Å²) in [5, 5.41) is 4.63. The summed E-state index contributed by atoms with van der Waals surface area (Å²) in [5.41, 5.74) is 5.81. The first-order valence-corrected chi connectivity index (χ1v) is 7.02. The lowest BCUT2D eigenvalue weighted by molar-refractivity contribution is 0.349. The van der Waals surface area contributed by atoms with Crippen LogP contribution < -0.4 is 5.73 Å². The zero-order valence-corrected chi connectivity index (χ0v) is 11.5. The van der Waals surface area contributed by atoms with Gasteiger partial charge < -0.3 is 10.3 Å². The zero-order valence-electron chi connectivity index (χ0n) is 9.97. The van der Waals surface area contributed by atoms with Gasteiger partial charge in [0, 0.05) is 4.90 Å². The van der Waals surface area contributed by atoms with Crippen LogP contribution in [0.2, 0.25) is 5.02 Å². The van der Waals surface area contributed by atoms with Crippen molar-refractivity contribution < 1.29 is 4.52 Å². The van der Waals surface area contributed by atoms with Crippen molar-refractivity contribution >= 4 is 23.4 Å². The number of rotatable bonds is 5. The lowest BCUT2D eigenvalue weighted by Crippen LogP contribution is -2.08. The molecule has 0 aliphatic rings. The number of hydrogen-bond donors (Lipinski definition) is 1. The van der Waals surface area contributed by atoms with E-state index >= 15 is 0 Å². The summed E-state index contributed by atoms with van der Waals surface area (Å²) in [5.74, 6) is 1.75. The molecular formula is C12H14ClN3OS. The molecule has 0 amide bonds. The Hall–Kier alpha value is -1.04. The molecule has 6 heteroatoms. The lowest BCUT2D eigenvalue weighted by atomic mass is 10.2. The number of thioether (sulfide) groups is 1. The molecule has 0 fully saturated rings. The minimum Gasteiger partial charge on any atom is -0.338 e. The van der Waals surface area contributed by atoms with Crippen LogP contribution >= 0.6 is 23.4 Å². The van der Waals surface area contributed by atoms with E-state index in [-0.39, 0.29) is 6.04 Å². The van der Waals surface area contributed by atoms with Crippen molar-refractivity contribution in [3.05, 3.63) is 41.0 Å². The third-order valence-corrected chi connectivity index (χ3v) is 3.95. The van der Waals surface area contributed by atoms with Crippen molar-refractivity contribution in [2.45, 2.75) is 30.0 Å². The van der Waals surface area contributed by atoms with Crippen LogP contribution in [-0.2, 0) is 5.75 Å². The summed E-state index contributed by atoms with van der Waals surface area (Å²) in [4.78, 5) is 5.26. The average molecular weight is 284 g/mol. The van der Waals surface area contributed by atoms with Crippen molar-refractivity contribution in [2.75, 3.05) is 0 Å². The number of hydrogen-bond acceptors (Lipinski definition) is 5. The molecular weight excluding hydrogens is 270 g/mol. The smallest absolute Gasteiger partial charge is 0.243 e. The number of nitrogens with two attached hydrogens (primary N) is 1. The number of nitrogens with zero attached hydrogens (tertiary/aromatic N) is 2. The lowest BCUT2D eigenvalue weighted by Gasteiger charge is -2.01. The van der Waals surface area contributed by atoms with E-state index in [1.165, 1.54) is 0 Å². The zero-order chi connectivity index (χ0) is 13.0. The maximum absolute atomic E-state index is 6.06. The fourth-order valence-corrected chi connectivity index (χ4v) is 2.44. The molecule has 2 aromatic rings. The van der Waals surface area contributed by atoms with Gasteiger partial charge in [0.05, 0.1) is 16.8 Å². The van der Waals surface area contributed by atoms with Gasteiger partial charge in [-0.15, -0.1) is 11.8 Å². The van der Waals surface area contributed by atoms with Crippen LogP contribution in [0, 0.1) is 0 Å². The maximum atomic E-state index is 6.06. The van der Waals surface area contributed by atoms with Crippen molar-refractivity contribution in [2.24, 2.45) is 5.73 Å². The Morgan fingerprint density at radius 1 is 1.44 bits per heavy atom. The average Bonchev–Trinajstić information content (AvgIpc) is 2.86. The van der Waals surface area contributed by atoms with Gasteiger partial charge in [0.15, 0.2) is 5.82 Å². The van der Waals surface area contributed by atoms with Crippen molar-refractivity contribution in [3.8, 4) is 0 Å². The summed E-state index contributed by atoms with van der Waals surface area (Å²) in [6, 6.07) is 7.49. The van der Waals surface area contributed by atoms with Gasteiger partial charge in [-0.25, -0.2) is 0 Å². The van der Waals surface area contributed by atoms with Gasteiger partial charge in [-0.05, 0) is 18.6 Å². The molecule has 18 heavy (non-hydrogen) atoms. The maximum Gasteiger partial charge on any atom is 0.243 e. The minimum absolute atomic E-state index is 0.184. The van der Waals surface area contributed by atoms with Gasteiger partial charge in [-0.3, -0.25) is 0 Å². The van der Waals surface area contributed by atoms with E-state index in [9.17, 15) is 0 Å². The SMILES string of the molecule is CC[C@@H](N)c1nc(CSc2ccccc2Cl)no1. The molecule has 0 radical (unpaired) electrons. The van der Waals surface area contributed by atoms with E-state index < -0.39 is 0 Å². The first-order chi connectivity index (χ1) is 8.70. The fraction of sp³-hybridized carbons (Fsp3) is 0.333. The molecule has 1 heterocycles. The Labute approximate surface area is 115 Å². The van der Waals surface area contributed by atoms with E-state index in [2.05, 4.69) is 10.1 Å². The summed E-state index contributed by atoms with van der Waals surface area (Å²) in [6.45, 7) is 1.98. The predicted octanol–water partition coefficient (Wildman–Crippen LogP) is 3.43. The summed E-state index contributed by atoms with van der Waals surface area (Å²) >= 11 is 7.64. The molecule has 96 valence electrons. The van der Waals surface area contributed by atoms with Gasteiger partial charge in [-0.1, -0.05) is 35.8 Å². The van der Waals surface area contributed by atoms with Crippen LogP contribution in [0.15, 0.2) is 33.7 Å². The van der Waals surface area contributed by atoms with Crippen LogP contribution in [0.25, 0.3) is 0 Å². The molecule has 2 rings (SSSR count). The Morgan fingerprint density at radius 2 is 2.22 bits per heavy atom. The van der Waals surface area contributed by atoms with Gasteiger partial charge in [0.25, 0.3) is 0 Å². The second kappa shape index (κ2) is 6.22. The molecule has 1 aromatic carbocycles. The highest BCUT2D eigenvalue weighted by atomic mass is 35.5. The molecule has 1 aromatic heterocycles. The van der Waals surface area contributed by atoms with Gasteiger partial charge >= 0.3 is 0 Å². The third-order valence-electron chi connectivity index (χ3n) is 2.43. The predicted molar refractivity (Wildman–Crippen MR) is 72.5 cm³/mol. The molecule has 2 N–H and O–H groups in total. The topological polar surface area (TPSA) is 64.9 Å². The Balaban J connectivity index is 1.98. The molecule has 0 spiro atoms. The molecule has 4 nitrogen and oxygen atoms in total. The van der Waals surface area contributed by atoms with E-state index in [1.807, 2.05) is 31.2 Å². The Bertz CT molecular complexity index is 518. The minimum atomic E-state index is -0.184. The monoisotopic (exact) mass is 283 g/mol. The summed E-state index contributed by atoms with van der Waals surface area (Å²) in [6.07, 6.45) is 0.777.